The smallest absolute Gasteiger partial charge is 0.200 e. The molecule has 0 aliphatic carbocycles. The van der Waals surface area contributed by atoms with Gasteiger partial charge in [-0.1, -0.05) is 29.8 Å². The molecule has 3 heteroatoms. The molecule has 4 aromatic rings. The van der Waals surface area contributed by atoms with E-state index in [1.54, 1.807) is 12.1 Å². The number of hydrogen-bond acceptors (Lipinski definition) is 2. The van der Waals surface area contributed by atoms with Crippen molar-refractivity contribution in [3.63, 3.8) is 0 Å². The Kier molecular flexibility index (Phi) is 2.35. The van der Waals surface area contributed by atoms with Gasteiger partial charge < -0.3 is 4.42 Å². The lowest BCUT2D eigenvalue weighted by atomic mass is 10.1. The zero-order chi connectivity index (χ0) is 13.7. The first-order chi connectivity index (χ1) is 9.72. The van der Waals surface area contributed by atoms with E-state index in [1.165, 1.54) is 0 Å². The lowest BCUT2D eigenvalue weighted by Gasteiger charge is -2.04. The molecule has 0 aliphatic rings. The minimum atomic E-state index is -0.00120. The highest BCUT2D eigenvalue weighted by atomic mass is 35.5. The van der Waals surface area contributed by atoms with Gasteiger partial charge in [0, 0.05) is 5.02 Å². The van der Waals surface area contributed by atoms with Gasteiger partial charge in [0.05, 0.1) is 10.8 Å². The minimum absolute atomic E-state index is 0.00120. The van der Waals surface area contributed by atoms with Gasteiger partial charge in [-0.15, -0.1) is 0 Å². The minimum Gasteiger partial charge on any atom is -0.456 e. The fourth-order valence-electron chi connectivity index (χ4n) is 2.52. The third kappa shape index (κ3) is 1.62. The zero-order valence-electron chi connectivity index (χ0n) is 10.4. The summed E-state index contributed by atoms with van der Waals surface area (Å²) in [7, 11) is 0. The summed E-state index contributed by atoms with van der Waals surface area (Å²) in [4.78, 5) is 12.5. The van der Waals surface area contributed by atoms with Gasteiger partial charge in [-0.25, -0.2) is 0 Å². The second-order valence-electron chi connectivity index (χ2n) is 4.77. The maximum absolute atomic E-state index is 12.5. The van der Waals surface area contributed by atoms with Crippen molar-refractivity contribution in [1.29, 1.82) is 0 Å². The molecular formula is C17H9ClO2. The number of fused-ring (bicyclic) bond motifs is 3. The highest BCUT2D eigenvalue weighted by Gasteiger charge is 2.08. The molecule has 20 heavy (non-hydrogen) atoms. The lowest BCUT2D eigenvalue weighted by molar-refractivity contribution is 0.660. The molecule has 0 fully saturated rings. The van der Waals surface area contributed by atoms with Crippen LogP contribution in [0.2, 0.25) is 5.02 Å². The van der Waals surface area contributed by atoms with E-state index in [0.717, 1.165) is 10.8 Å². The second kappa shape index (κ2) is 4.09. The van der Waals surface area contributed by atoms with Gasteiger partial charge in [-0.3, -0.25) is 4.79 Å². The van der Waals surface area contributed by atoms with E-state index in [9.17, 15) is 4.79 Å². The molecule has 0 amide bonds. The van der Waals surface area contributed by atoms with Crippen molar-refractivity contribution >= 4 is 44.3 Å². The summed E-state index contributed by atoms with van der Waals surface area (Å²) >= 11 is 6.00. The van der Waals surface area contributed by atoms with E-state index in [1.807, 2.05) is 42.5 Å². The van der Waals surface area contributed by atoms with Crippen molar-refractivity contribution in [2.24, 2.45) is 0 Å². The van der Waals surface area contributed by atoms with Crippen molar-refractivity contribution < 1.29 is 4.42 Å². The standard InChI is InChI=1S/C17H9ClO2/c18-12-6-5-10-8-14-16(9-11(10)7-12)20-15-4-2-1-3-13(15)17(14)19/h1-9H. The van der Waals surface area contributed by atoms with Gasteiger partial charge in [0.1, 0.15) is 11.2 Å². The first-order valence-electron chi connectivity index (χ1n) is 6.27. The Morgan fingerprint density at radius 3 is 2.55 bits per heavy atom. The molecule has 1 heterocycles. The van der Waals surface area contributed by atoms with E-state index in [2.05, 4.69) is 0 Å². The van der Waals surface area contributed by atoms with Crippen LogP contribution in [0, 0.1) is 0 Å². The van der Waals surface area contributed by atoms with Gasteiger partial charge in [0.2, 0.25) is 5.43 Å². The molecule has 0 atom stereocenters. The van der Waals surface area contributed by atoms with Crippen LogP contribution in [0.5, 0.6) is 0 Å². The average molecular weight is 281 g/mol. The normalized spacial score (nSPS) is 11.4. The first kappa shape index (κ1) is 11.5. The lowest BCUT2D eigenvalue weighted by Crippen LogP contribution is -2.01. The molecule has 1 aromatic heterocycles. The largest absolute Gasteiger partial charge is 0.456 e. The molecular weight excluding hydrogens is 272 g/mol. The highest BCUT2D eigenvalue weighted by molar-refractivity contribution is 6.31. The summed E-state index contributed by atoms with van der Waals surface area (Å²) in [6, 6.07) is 16.6. The Morgan fingerprint density at radius 1 is 0.800 bits per heavy atom. The fourth-order valence-corrected chi connectivity index (χ4v) is 2.70. The quantitative estimate of drug-likeness (QED) is 0.435. The summed E-state index contributed by atoms with van der Waals surface area (Å²) in [6.45, 7) is 0. The highest BCUT2D eigenvalue weighted by Crippen LogP contribution is 2.26. The predicted molar refractivity (Wildman–Crippen MR) is 82.5 cm³/mol. The summed E-state index contributed by atoms with van der Waals surface area (Å²) < 4.78 is 5.83. The summed E-state index contributed by atoms with van der Waals surface area (Å²) in [5, 5.41) is 3.81. The number of benzene rings is 3. The molecule has 0 saturated carbocycles. The van der Waals surface area contributed by atoms with Crippen LogP contribution in [-0.4, -0.2) is 0 Å². The molecule has 0 radical (unpaired) electrons. The molecule has 0 bridgehead atoms. The van der Waals surface area contributed by atoms with Crippen LogP contribution in [0.4, 0.5) is 0 Å². The van der Waals surface area contributed by atoms with Crippen LogP contribution < -0.4 is 5.43 Å². The number of halogens is 1. The van der Waals surface area contributed by atoms with Crippen molar-refractivity contribution in [2.45, 2.75) is 0 Å². The number of para-hydroxylation sites is 1. The van der Waals surface area contributed by atoms with Crippen LogP contribution in [0.1, 0.15) is 0 Å². The van der Waals surface area contributed by atoms with Crippen molar-refractivity contribution in [3.8, 4) is 0 Å². The topological polar surface area (TPSA) is 30.2 Å². The Hall–Kier alpha value is -2.32. The zero-order valence-corrected chi connectivity index (χ0v) is 11.1. The van der Waals surface area contributed by atoms with E-state index in [4.69, 9.17) is 16.0 Å². The van der Waals surface area contributed by atoms with Crippen molar-refractivity contribution in [3.05, 3.63) is 69.8 Å². The molecule has 3 aromatic carbocycles. The van der Waals surface area contributed by atoms with Gasteiger partial charge >= 0.3 is 0 Å². The summed E-state index contributed by atoms with van der Waals surface area (Å²) in [6.07, 6.45) is 0. The third-order valence-electron chi connectivity index (χ3n) is 3.50. The molecule has 96 valence electrons. The Balaban J connectivity index is 2.25. The molecule has 0 N–H and O–H groups in total. The summed E-state index contributed by atoms with van der Waals surface area (Å²) in [5.41, 5.74) is 1.19. The Morgan fingerprint density at radius 2 is 1.65 bits per heavy atom. The van der Waals surface area contributed by atoms with Crippen molar-refractivity contribution in [2.75, 3.05) is 0 Å². The summed E-state index contributed by atoms with van der Waals surface area (Å²) in [5.74, 6) is 0. The van der Waals surface area contributed by atoms with Gasteiger partial charge in [-0.05, 0) is 47.2 Å². The van der Waals surface area contributed by atoms with Crippen molar-refractivity contribution in [1.82, 2.24) is 0 Å². The fraction of sp³-hybridized carbons (Fsp3) is 0. The molecule has 2 nitrogen and oxygen atoms in total. The Labute approximate surface area is 119 Å². The van der Waals surface area contributed by atoms with E-state index >= 15 is 0 Å². The van der Waals surface area contributed by atoms with Gasteiger partial charge in [-0.2, -0.15) is 0 Å². The van der Waals surface area contributed by atoms with Crippen LogP contribution in [0.3, 0.4) is 0 Å². The molecule has 0 spiro atoms. The SMILES string of the molecule is O=c1c2ccccc2oc2cc3cc(Cl)ccc3cc12. The van der Waals surface area contributed by atoms with E-state index in [0.29, 0.717) is 27.0 Å². The number of rotatable bonds is 0. The third-order valence-corrected chi connectivity index (χ3v) is 3.73. The van der Waals surface area contributed by atoms with E-state index in [-0.39, 0.29) is 5.43 Å². The van der Waals surface area contributed by atoms with Gasteiger partial charge in [0.25, 0.3) is 0 Å². The molecule has 0 saturated heterocycles. The van der Waals surface area contributed by atoms with Crippen LogP contribution >= 0.6 is 11.6 Å². The van der Waals surface area contributed by atoms with Crippen LogP contribution in [-0.2, 0) is 0 Å². The maximum atomic E-state index is 12.5. The van der Waals surface area contributed by atoms with Crippen LogP contribution in [0.25, 0.3) is 32.7 Å². The monoisotopic (exact) mass is 280 g/mol. The van der Waals surface area contributed by atoms with Gasteiger partial charge in [0.15, 0.2) is 0 Å². The predicted octanol–water partition coefficient (Wildman–Crippen LogP) is 4.75. The first-order valence-corrected chi connectivity index (χ1v) is 6.65. The Bertz CT molecular complexity index is 1030. The van der Waals surface area contributed by atoms with Crippen LogP contribution in [0.15, 0.2) is 63.8 Å². The van der Waals surface area contributed by atoms with E-state index < -0.39 is 0 Å². The number of hydrogen-bond donors (Lipinski definition) is 0. The molecule has 4 rings (SSSR count). The average Bonchev–Trinajstić information content (AvgIpc) is 2.46. The molecule has 0 aliphatic heterocycles. The second-order valence-corrected chi connectivity index (χ2v) is 5.20. The molecule has 0 unspecified atom stereocenters. The maximum Gasteiger partial charge on any atom is 0.200 e.